The lowest BCUT2D eigenvalue weighted by molar-refractivity contribution is -0.0586. The number of amides is 1. The number of carbonyl (C=O) groups excluding carboxylic acids is 1. The normalized spacial score (nSPS) is 18.3. The Morgan fingerprint density at radius 2 is 1.73 bits per heavy atom. The Bertz CT molecular complexity index is 939. The maximum absolute atomic E-state index is 12.8. The van der Waals surface area contributed by atoms with Gasteiger partial charge < -0.3 is 25.0 Å². The van der Waals surface area contributed by atoms with E-state index in [2.05, 4.69) is 27.8 Å². The number of ether oxygens (including phenoxy) is 2. The van der Waals surface area contributed by atoms with Crippen molar-refractivity contribution >= 4 is 35.8 Å². The molecule has 1 aliphatic heterocycles. The second kappa shape index (κ2) is 12.8. The Hall–Kier alpha value is -2.33. The summed E-state index contributed by atoms with van der Waals surface area (Å²) in [6.45, 7) is 8.50. The molecule has 0 saturated carbocycles. The molecule has 0 bridgehead atoms. The number of hydrogen-bond donors (Lipinski definition) is 2. The molecular formula is C25H35IN4O3. The van der Waals surface area contributed by atoms with Crippen LogP contribution in [0.2, 0.25) is 0 Å². The van der Waals surface area contributed by atoms with E-state index in [0.29, 0.717) is 37.7 Å². The Morgan fingerprint density at radius 3 is 2.33 bits per heavy atom. The lowest BCUT2D eigenvalue weighted by Gasteiger charge is -2.35. The number of aryl methyl sites for hydroxylation is 1. The van der Waals surface area contributed by atoms with Gasteiger partial charge in [0.15, 0.2) is 5.96 Å². The summed E-state index contributed by atoms with van der Waals surface area (Å²) >= 11 is 0. The first-order valence-corrected chi connectivity index (χ1v) is 11.0. The number of carbonyl (C=O) groups is 1. The summed E-state index contributed by atoms with van der Waals surface area (Å²) in [5.41, 5.74) is 3.99. The predicted octanol–water partition coefficient (Wildman–Crippen LogP) is 3.74. The largest absolute Gasteiger partial charge is 0.496 e. The zero-order chi connectivity index (χ0) is 23.1. The number of hydrogen-bond acceptors (Lipinski definition) is 4. The molecule has 1 saturated heterocycles. The first kappa shape index (κ1) is 26.9. The van der Waals surface area contributed by atoms with Crippen molar-refractivity contribution in [2.24, 2.45) is 4.99 Å². The summed E-state index contributed by atoms with van der Waals surface area (Å²) < 4.78 is 11.2. The summed E-state index contributed by atoms with van der Waals surface area (Å²) in [4.78, 5) is 19.0. The van der Waals surface area contributed by atoms with Crippen LogP contribution in [0.25, 0.3) is 0 Å². The number of methoxy groups -OCH3 is 1. The van der Waals surface area contributed by atoms with Gasteiger partial charge in [-0.25, -0.2) is 0 Å². The second-order valence-electron chi connectivity index (χ2n) is 8.26. The lowest BCUT2D eigenvalue weighted by Crippen LogP contribution is -2.48. The highest BCUT2D eigenvalue weighted by molar-refractivity contribution is 14.0. The number of aliphatic imine (C=N–C) groups is 1. The van der Waals surface area contributed by atoms with E-state index in [1.165, 1.54) is 0 Å². The quantitative estimate of drug-likeness (QED) is 0.317. The molecule has 3 rings (SSSR count). The molecule has 1 heterocycles. The first-order chi connectivity index (χ1) is 15.4. The number of nitrogens with zero attached hydrogens (tertiary/aromatic N) is 2. The van der Waals surface area contributed by atoms with Crippen LogP contribution in [0.1, 0.15) is 40.9 Å². The van der Waals surface area contributed by atoms with Gasteiger partial charge in [-0.3, -0.25) is 9.79 Å². The van der Waals surface area contributed by atoms with E-state index in [1.54, 1.807) is 14.2 Å². The highest BCUT2D eigenvalue weighted by Gasteiger charge is 2.26. The van der Waals surface area contributed by atoms with E-state index in [4.69, 9.17) is 9.47 Å². The van der Waals surface area contributed by atoms with Crippen molar-refractivity contribution in [2.75, 3.05) is 27.2 Å². The third kappa shape index (κ3) is 7.60. The molecule has 1 aliphatic rings. The molecule has 0 aliphatic carbocycles. The molecule has 2 unspecified atom stereocenters. The highest BCUT2D eigenvalue weighted by atomic mass is 127. The van der Waals surface area contributed by atoms with Crippen molar-refractivity contribution in [1.82, 2.24) is 15.5 Å². The van der Waals surface area contributed by atoms with Crippen molar-refractivity contribution in [2.45, 2.75) is 46.1 Å². The molecule has 0 radical (unpaired) electrons. The van der Waals surface area contributed by atoms with Crippen LogP contribution >= 0.6 is 24.0 Å². The minimum absolute atomic E-state index is 0. The second-order valence-corrected chi connectivity index (χ2v) is 8.26. The van der Waals surface area contributed by atoms with Crippen LogP contribution in [-0.2, 0) is 17.8 Å². The van der Waals surface area contributed by atoms with E-state index in [1.807, 2.05) is 56.0 Å². The van der Waals surface area contributed by atoms with Crippen LogP contribution in [0.15, 0.2) is 47.5 Å². The zero-order valence-electron chi connectivity index (χ0n) is 20.1. The van der Waals surface area contributed by atoms with E-state index in [9.17, 15) is 4.79 Å². The van der Waals surface area contributed by atoms with E-state index < -0.39 is 0 Å². The van der Waals surface area contributed by atoms with Gasteiger partial charge in [0.1, 0.15) is 5.75 Å². The molecule has 7 nitrogen and oxygen atoms in total. The molecule has 33 heavy (non-hydrogen) atoms. The van der Waals surface area contributed by atoms with Gasteiger partial charge in [0.2, 0.25) is 0 Å². The molecule has 2 atom stereocenters. The van der Waals surface area contributed by atoms with Gasteiger partial charge in [0.25, 0.3) is 5.91 Å². The minimum atomic E-state index is 0. The number of benzene rings is 2. The van der Waals surface area contributed by atoms with Gasteiger partial charge in [0.05, 0.1) is 19.3 Å². The summed E-state index contributed by atoms with van der Waals surface area (Å²) in [5.74, 6) is 1.61. The predicted molar refractivity (Wildman–Crippen MR) is 143 cm³/mol. The van der Waals surface area contributed by atoms with Crippen LogP contribution < -0.4 is 15.4 Å². The Kier molecular flexibility index (Phi) is 10.4. The maximum atomic E-state index is 12.8. The van der Waals surface area contributed by atoms with Gasteiger partial charge in [-0.15, -0.1) is 24.0 Å². The summed E-state index contributed by atoms with van der Waals surface area (Å²) in [7, 11) is 3.42. The molecule has 2 aromatic rings. The molecule has 2 aromatic carbocycles. The van der Waals surface area contributed by atoms with Crippen molar-refractivity contribution in [3.05, 3.63) is 64.7 Å². The molecular weight excluding hydrogens is 531 g/mol. The molecule has 8 heteroatoms. The lowest BCUT2D eigenvalue weighted by atomic mass is 10.1. The van der Waals surface area contributed by atoms with Crippen molar-refractivity contribution < 1.29 is 14.3 Å². The first-order valence-electron chi connectivity index (χ1n) is 11.0. The average Bonchev–Trinajstić information content (AvgIpc) is 2.79. The van der Waals surface area contributed by atoms with Crippen LogP contribution in [0.5, 0.6) is 5.75 Å². The molecule has 180 valence electrons. The molecule has 2 N–H and O–H groups in total. The summed E-state index contributed by atoms with van der Waals surface area (Å²) in [5, 5.41) is 6.63. The SMILES string of the molecule is CN=C(NCc1ccc(C(=O)N2CC(C)OC(C)C2)cc1)NCc1ccc(C)cc1OC.I. The molecule has 1 fully saturated rings. The monoisotopic (exact) mass is 566 g/mol. The minimum Gasteiger partial charge on any atom is -0.496 e. The highest BCUT2D eigenvalue weighted by Crippen LogP contribution is 2.19. The molecule has 1 amide bonds. The molecule has 0 aromatic heterocycles. The van der Waals surface area contributed by atoms with Crippen LogP contribution in [0.3, 0.4) is 0 Å². The Morgan fingerprint density at radius 1 is 1.09 bits per heavy atom. The topological polar surface area (TPSA) is 75.2 Å². The van der Waals surface area contributed by atoms with Crippen LogP contribution in [0, 0.1) is 6.92 Å². The smallest absolute Gasteiger partial charge is 0.254 e. The average molecular weight is 566 g/mol. The third-order valence-corrected chi connectivity index (χ3v) is 5.48. The summed E-state index contributed by atoms with van der Waals surface area (Å²) in [6, 6.07) is 13.9. The fourth-order valence-electron chi connectivity index (χ4n) is 3.87. The number of nitrogens with one attached hydrogen (secondary N) is 2. The van der Waals surface area contributed by atoms with Gasteiger partial charge in [0, 0.05) is 44.4 Å². The van der Waals surface area contributed by atoms with Crippen LogP contribution in [0.4, 0.5) is 0 Å². The van der Waals surface area contributed by atoms with Crippen molar-refractivity contribution in [3.63, 3.8) is 0 Å². The molecule has 0 spiro atoms. The Balaban J connectivity index is 0.00000385. The van der Waals surface area contributed by atoms with Gasteiger partial charge in [-0.05, 0) is 50.1 Å². The fraction of sp³-hybridized carbons (Fsp3) is 0.440. The summed E-state index contributed by atoms with van der Waals surface area (Å²) in [6.07, 6.45) is 0.121. The van der Waals surface area contributed by atoms with Crippen molar-refractivity contribution in [1.29, 1.82) is 0 Å². The number of morpholine rings is 1. The number of guanidine groups is 1. The van der Waals surface area contributed by atoms with Crippen LogP contribution in [-0.4, -0.2) is 56.2 Å². The Labute approximate surface area is 214 Å². The van der Waals surface area contributed by atoms with E-state index in [-0.39, 0.29) is 42.1 Å². The van der Waals surface area contributed by atoms with Gasteiger partial charge >= 0.3 is 0 Å². The van der Waals surface area contributed by atoms with E-state index in [0.717, 1.165) is 22.4 Å². The van der Waals surface area contributed by atoms with Gasteiger partial charge in [-0.2, -0.15) is 0 Å². The third-order valence-electron chi connectivity index (χ3n) is 5.48. The number of halogens is 1. The zero-order valence-corrected chi connectivity index (χ0v) is 22.4. The standard InChI is InChI=1S/C25H34N4O3.HI/c1-17-6-9-22(23(12-17)31-5)14-28-25(26-4)27-13-20-7-10-21(11-8-20)24(30)29-15-18(2)32-19(3)16-29;/h6-12,18-19H,13-16H2,1-5H3,(H2,26,27,28);1H. The maximum Gasteiger partial charge on any atom is 0.254 e. The van der Waals surface area contributed by atoms with Gasteiger partial charge in [-0.1, -0.05) is 24.3 Å². The fourth-order valence-corrected chi connectivity index (χ4v) is 3.87. The van der Waals surface area contributed by atoms with E-state index >= 15 is 0 Å². The van der Waals surface area contributed by atoms with Crippen molar-refractivity contribution in [3.8, 4) is 5.75 Å². The number of rotatable bonds is 6.